The van der Waals surface area contributed by atoms with E-state index >= 15 is 0 Å². The summed E-state index contributed by atoms with van der Waals surface area (Å²) in [6.07, 6.45) is 1.06. The number of hydrogen-bond acceptors (Lipinski definition) is 4. The molecule has 0 N–H and O–H groups in total. The average molecular weight is 374 g/mol. The van der Waals surface area contributed by atoms with Gasteiger partial charge in [0, 0.05) is 30.8 Å². The van der Waals surface area contributed by atoms with Gasteiger partial charge in [-0.2, -0.15) is 4.31 Å². The van der Waals surface area contributed by atoms with Crippen molar-refractivity contribution >= 4 is 43.1 Å². The Morgan fingerprint density at radius 3 is 2.24 bits per heavy atom. The highest BCUT2D eigenvalue weighted by Gasteiger charge is 2.25. The highest BCUT2D eigenvalue weighted by Crippen LogP contribution is 2.27. The Labute approximate surface area is 135 Å². The lowest BCUT2D eigenvalue weighted by molar-refractivity contribution is 0.484. The third kappa shape index (κ3) is 4.82. The minimum Gasteiger partial charge on any atom is -0.229 e. The van der Waals surface area contributed by atoms with Crippen LogP contribution >= 0.6 is 23.2 Å². The van der Waals surface area contributed by atoms with E-state index in [1.165, 1.54) is 13.1 Å². The summed E-state index contributed by atoms with van der Waals surface area (Å²) >= 11 is 11.7. The quantitative estimate of drug-likeness (QED) is 0.715. The molecule has 0 saturated heterocycles. The van der Waals surface area contributed by atoms with Gasteiger partial charge in [-0.1, -0.05) is 11.6 Å². The number of nitrogens with zero attached hydrogens (tertiary/aromatic N) is 1. The molecule has 0 radical (unpaired) electrons. The molecule has 0 aromatic heterocycles. The Balaban J connectivity index is 3.22. The van der Waals surface area contributed by atoms with Crippen LogP contribution in [-0.4, -0.2) is 46.7 Å². The zero-order chi connectivity index (χ0) is 16.4. The first-order valence-electron chi connectivity index (χ1n) is 5.98. The van der Waals surface area contributed by atoms with Gasteiger partial charge in [0.1, 0.15) is 9.84 Å². The standard InChI is InChI=1S/C12H17Cl2NO4S2/c1-9-10(8-13)6-11(14)7-12(9)21(18,19)15(2)4-5-20(3,16)17/h6-7H,4-5,8H2,1-3H3. The molecule has 120 valence electrons. The minimum atomic E-state index is -3.82. The molecule has 0 spiro atoms. The molecule has 0 atom stereocenters. The normalized spacial score (nSPS) is 12.9. The largest absolute Gasteiger partial charge is 0.243 e. The highest BCUT2D eigenvalue weighted by atomic mass is 35.5. The molecule has 0 aliphatic carbocycles. The van der Waals surface area contributed by atoms with Crippen LogP contribution in [0.5, 0.6) is 0 Å². The van der Waals surface area contributed by atoms with Crippen LogP contribution in [0.25, 0.3) is 0 Å². The van der Waals surface area contributed by atoms with E-state index in [0.717, 1.165) is 10.6 Å². The summed E-state index contributed by atoms with van der Waals surface area (Å²) in [6, 6.07) is 2.96. The van der Waals surface area contributed by atoms with Crippen LogP contribution in [-0.2, 0) is 25.7 Å². The molecule has 0 unspecified atom stereocenters. The lowest BCUT2D eigenvalue weighted by Crippen LogP contribution is -2.32. The predicted molar refractivity (Wildman–Crippen MR) is 85.3 cm³/mol. The minimum absolute atomic E-state index is 0.0432. The second-order valence-electron chi connectivity index (χ2n) is 4.78. The van der Waals surface area contributed by atoms with Gasteiger partial charge in [-0.25, -0.2) is 16.8 Å². The molecular weight excluding hydrogens is 357 g/mol. The van der Waals surface area contributed by atoms with Crippen molar-refractivity contribution in [2.75, 3.05) is 25.6 Å². The van der Waals surface area contributed by atoms with E-state index in [1.54, 1.807) is 13.0 Å². The Bertz CT molecular complexity index is 730. The van der Waals surface area contributed by atoms with Crippen LogP contribution in [0.2, 0.25) is 5.02 Å². The van der Waals surface area contributed by atoms with Crippen molar-refractivity contribution in [3.8, 4) is 0 Å². The molecule has 21 heavy (non-hydrogen) atoms. The van der Waals surface area contributed by atoms with Crippen LogP contribution in [0, 0.1) is 6.92 Å². The van der Waals surface area contributed by atoms with E-state index in [0.29, 0.717) is 11.1 Å². The zero-order valence-electron chi connectivity index (χ0n) is 11.9. The Hall–Kier alpha value is -0.340. The predicted octanol–water partition coefficient (Wildman–Crippen LogP) is 2.05. The van der Waals surface area contributed by atoms with Gasteiger partial charge in [0.25, 0.3) is 0 Å². The first-order valence-corrected chi connectivity index (χ1v) is 10.4. The average Bonchev–Trinajstić information content (AvgIpc) is 2.36. The number of halogens is 2. The zero-order valence-corrected chi connectivity index (χ0v) is 15.1. The highest BCUT2D eigenvalue weighted by molar-refractivity contribution is 7.91. The fraction of sp³-hybridized carbons (Fsp3) is 0.500. The van der Waals surface area contributed by atoms with Crippen LogP contribution in [0.3, 0.4) is 0 Å². The molecule has 0 bridgehead atoms. The van der Waals surface area contributed by atoms with E-state index in [4.69, 9.17) is 23.2 Å². The molecule has 0 saturated carbocycles. The third-order valence-corrected chi connectivity index (χ3v) is 6.45. The molecule has 1 aromatic carbocycles. The molecule has 0 amide bonds. The van der Waals surface area contributed by atoms with Gasteiger partial charge in [0.05, 0.1) is 10.6 Å². The molecule has 0 fully saturated rings. The second kappa shape index (κ2) is 6.83. The summed E-state index contributed by atoms with van der Waals surface area (Å²) in [6.45, 7) is 1.52. The van der Waals surface area contributed by atoms with Crippen molar-refractivity contribution in [2.24, 2.45) is 0 Å². The van der Waals surface area contributed by atoms with Gasteiger partial charge in [-0.05, 0) is 30.2 Å². The molecule has 9 heteroatoms. The summed E-state index contributed by atoms with van der Waals surface area (Å²) in [4.78, 5) is 0.0432. The van der Waals surface area contributed by atoms with E-state index in [1.807, 2.05) is 0 Å². The number of hydrogen-bond donors (Lipinski definition) is 0. The van der Waals surface area contributed by atoms with Crippen LogP contribution in [0.4, 0.5) is 0 Å². The first-order chi connectivity index (χ1) is 9.49. The van der Waals surface area contributed by atoms with Crippen LogP contribution in [0.15, 0.2) is 17.0 Å². The maximum atomic E-state index is 12.5. The number of benzene rings is 1. The molecule has 1 rings (SSSR count). The van der Waals surface area contributed by atoms with Crippen molar-refractivity contribution in [2.45, 2.75) is 17.7 Å². The van der Waals surface area contributed by atoms with Gasteiger partial charge < -0.3 is 0 Å². The maximum Gasteiger partial charge on any atom is 0.243 e. The third-order valence-electron chi connectivity index (χ3n) is 3.04. The summed E-state index contributed by atoms with van der Waals surface area (Å²) in [5, 5.41) is 0.270. The lowest BCUT2D eigenvalue weighted by Gasteiger charge is -2.19. The number of rotatable bonds is 6. The van der Waals surface area contributed by atoms with Crippen molar-refractivity contribution in [1.82, 2.24) is 4.31 Å². The topological polar surface area (TPSA) is 71.5 Å². The van der Waals surface area contributed by atoms with E-state index < -0.39 is 19.9 Å². The van der Waals surface area contributed by atoms with Gasteiger partial charge in [0.2, 0.25) is 10.0 Å². The molecule has 0 aliphatic heterocycles. The number of sulfonamides is 1. The van der Waals surface area contributed by atoms with Crippen molar-refractivity contribution < 1.29 is 16.8 Å². The van der Waals surface area contributed by atoms with Crippen LogP contribution < -0.4 is 0 Å². The summed E-state index contributed by atoms with van der Waals surface area (Å²) in [5.74, 6) is -0.104. The summed E-state index contributed by atoms with van der Waals surface area (Å²) in [5.41, 5.74) is 1.14. The number of sulfone groups is 1. The maximum absolute atomic E-state index is 12.5. The van der Waals surface area contributed by atoms with Gasteiger partial charge in [-0.3, -0.25) is 0 Å². The lowest BCUT2D eigenvalue weighted by atomic mass is 10.1. The van der Waals surface area contributed by atoms with Gasteiger partial charge in [-0.15, -0.1) is 11.6 Å². The van der Waals surface area contributed by atoms with Crippen molar-refractivity contribution in [3.63, 3.8) is 0 Å². The fourth-order valence-corrected chi connectivity index (χ4v) is 4.46. The smallest absolute Gasteiger partial charge is 0.229 e. The molecule has 0 heterocycles. The first kappa shape index (κ1) is 18.7. The van der Waals surface area contributed by atoms with Crippen molar-refractivity contribution in [3.05, 3.63) is 28.3 Å². The second-order valence-corrected chi connectivity index (χ2v) is 9.75. The van der Waals surface area contributed by atoms with Crippen LogP contribution in [0.1, 0.15) is 11.1 Å². The van der Waals surface area contributed by atoms with E-state index in [9.17, 15) is 16.8 Å². The molecular formula is C12H17Cl2NO4S2. The Kier molecular flexibility index (Phi) is 6.08. The van der Waals surface area contributed by atoms with Gasteiger partial charge in [0.15, 0.2) is 0 Å². The SMILES string of the molecule is Cc1c(CCl)cc(Cl)cc1S(=O)(=O)N(C)CCS(C)(=O)=O. The van der Waals surface area contributed by atoms with Gasteiger partial charge >= 0.3 is 0 Å². The number of alkyl halides is 1. The molecule has 1 aromatic rings. The Morgan fingerprint density at radius 2 is 1.76 bits per heavy atom. The van der Waals surface area contributed by atoms with E-state index in [-0.39, 0.29) is 28.1 Å². The van der Waals surface area contributed by atoms with Crippen molar-refractivity contribution in [1.29, 1.82) is 0 Å². The molecule has 5 nitrogen and oxygen atoms in total. The van der Waals surface area contributed by atoms with E-state index in [2.05, 4.69) is 0 Å². The fourth-order valence-electron chi connectivity index (χ4n) is 1.70. The summed E-state index contributed by atoms with van der Waals surface area (Å²) < 4.78 is 48.4. The monoisotopic (exact) mass is 373 g/mol. The Morgan fingerprint density at radius 1 is 1.19 bits per heavy atom. The summed E-state index contributed by atoms with van der Waals surface area (Å²) in [7, 11) is -5.73. The molecule has 0 aliphatic rings.